The van der Waals surface area contributed by atoms with Gasteiger partial charge in [-0.05, 0) is 87.5 Å². The molecule has 0 aromatic heterocycles. The molecule has 37 heavy (non-hydrogen) atoms. The minimum Gasteiger partial charge on any atom is -0.223 e. The van der Waals surface area contributed by atoms with Crippen LogP contribution in [0.5, 0.6) is 0 Å². The maximum Gasteiger partial charge on any atom is 0.207 e. The third-order valence-corrected chi connectivity index (χ3v) is 12.0. The highest BCUT2D eigenvalue weighted by atomic mass is 79.9. The molecule has 0 N–H and O–H groups in total. The van der Waals surface area contributed by atoms with E-state index in [0.717, 1.165) is 11.6 Å². The zero-order valence-corrected chi connectivity index (χ0v) is 25.8. The standard InChI is InChI=1S/C26H24Br2O6S3/c1-18(2)26(37(33,34)24-14-8-21(28)9-15-24)25(36(31,32)23-12-6-20(27)7-13-23)16-17-35(29,30)22-10-4-19(3)5-11-22/h4-16H,17H2,1-3H3/b25-16+. The van der Waals surface area contributed by atoms with Gasteiger partial charge in [0, 0.05) is 8.95 Å². The fraction of sp³-hybridized carbons (Fsp3) is 0.154. The predicted molar refractivity (Wildman–Crippen MR) is 152 cm³/mol. The summed E-state index contributed by atoms with van der Waals surface area (Å²) in [5, 5.41) is 0. The molecule has 0 radical (unpaired) electrons. The highest BCUT2D eigenvalue weighted by molar-refractivity contribution is 9.10. The average Bonchev–Trinajstić information content (AvgIpc) is 2.82. The van der Waals surface area contributed by atoms with Gasteiger partial charge in [0.15, 0.2) is 9.84 Å². The summed E-state index contributed by atoms with van der Waals surface area (Å²) in [5.74, 6) is -0.714. The number of aryl methyl sites for hydroxylation is 1. The van der Waals surface area contributed by atoms with Crippen LogP contribution < -0.4 is 0 Å². The van der Waals surface area contributed by atoms with Crippen molar-refractivity contribution in [3.05, 3.63) is 109 Å². The molecule has 0 heterocycles. The molecule has 0 aliphatic heterocycles. The summed E-state index contributed by atoms with van der Waals surface area (Å²) < 4.78 is 82.6. The molecule has 0 saturated heterocycles. The third-order valence-electron chi connectivity index (χ3n) is 5.35. The third kappa shape index (κ3) is 6.69. The predicted octanol–water partition coefficient (Wildman–Crippen LogP) is 6.42. The normalized spacial score (nSPS) is 12.8. The van der Waals surface area contributed by atoms with Crippen LogP contribution in [0.4, 0.5) is 0 Å². The molecule has 0 aliphatic carbocycles. The zero-order valence-electron chi connectivity index (χ0n) is 20.1. The van der Waals surface area contributed by atoms with Crippen LogP contribution in [0.25, 0.3) is 0 Å². The van der Waals surface area contributed by atoms with Gasteiger partial charge >= 0.3 is 0 Å². The Morgan fingerprint density at radius 1 is 0.649 bits per heavy atom. The molecular weight excluding hydrogens is 664 g/mol. The topological polar surface area (TPSA) is 102 Å². The number of hydrogen-bond donors (Lipinski definition) is 0. The summed E-state index contributed by atoms with van der Waals surface area (Å²) in [6, 6.07) is 17.6. The lowest BCUT2D eigenvalue weighted by Gasteiger charge is -2.17. The summed E-state index contributed by atoms with van der Waals surface area (Å²) in [6.07, 6.45) is 0.977. The number of halogens is 2. The molecule has 0 unspecified atom stereocenters. The second-order valence-corrected chi connectivity index (χ2v) is 16.1. The van der Waals surface area contributed by atoms with Crippen molar-refractivity contribution in [2.24, 2.45) is 0 Å². The molecule has 0 atom stereocenters. The van der Waals surface area contributed by atoms with Gasteiger partial charge in [0.05, 0.1) is 30.2 Å². The van der Waals surface area contributed by atoms with Crippen molar-refractivity contribution in [1.82, 2.24) is 0 Å². The summed E-state index contributed by atoms with van der Waals surface area (Å²) in [4.78, 5) is -1.33. The first-order valence-corrected chi connectivity index (χ1v) is 17.1. The summed E-state index contributed by atoms with van der Waals surface area (Å²) >= 11 is 6.52. The van der Waals surface area contributed by atoms with E-state index in [1.165, 1.54) is 74.5 Å². The van der Waals surface area contributed by atoms with Crippen molar-refractivity contribution in [3.8, 4) is 0 Å². The van der Waals surface area contributed by atoms with Crippen LogP contribution in [0, 0.1) is 6.92 Å². The molecule has 3 aromatic rings. The van der Waals surface area contributed by atoms with E-state index in [1.54, 1.807) is 12.1 Å². The van der Waals surface area contributed by atoms with E-state index in [9.17, 15) is 25.3 Å². The average molecular weight is 688 g/mol. The first kappa shape index (κ1) is 29.5. The molecule has 0 saturated carbocycles. The Morgan fingerprint density at radius 2 is 1.05 bits per heavy atom. The van der Waals surface area contributed by atoms with Gasteiger partial charge in [0.1, 0.15) is 0 Å². The monoisotopic (exact) mass is 686 g/mol. The summed E-state index contributed by atoms with van der Waals surface area (Å²) in [6.45, 7) is 4.77. The first-order chi connectivity index (χ1) is 17.2. The molecule has 3 aromatic carbocycles. The molecular formula is C26H24Br2O6S3. The zero-order chi connectivity index (χ0) is 27.6. The SMILES string of the molecule is CC(C)=C(/C(=C\CS(=O)(=O)c1ccc(C)cc1)S(=O)(=O)c1ccc(Br)cc1)S(=O)(=O)c1ccc(Br)cc1. The quantitative estimate of drug-likeness (QED) is 0.253. The van der Waals surface area contributed by atoms with Crippen LogP contribution in [0.1, 0.15) is 19.4 Å². The van der Waals surface area contributed by atoms with Crippen molar-refractivity contribution in [2.75, 3.05) is 5.75 Å². The minimum absolute atomic E-state index is 0.00394. The Morgan fingerprint density at radius 3 is 1.49 bits per heavy atom. The van der Waals surface area contributed by atoms with E-state index in [4.69, 9.17) is 0 Å². The minimum atomic E-state index is -4.44. The second kappa shape index (κ2) is 11.4. The molecule has 0 amide bonds. The lowest BCUT2D eigenvalue weighted by atomic mass is 10.2. The van der Waals surface area contributed by atoms with Gasteiger partial charge in [-0.3, -0.25) is 0 Å². The Bertz CT molecular complexity index is 1680. The fourth-order valence-electron chi connectivity index (χ4n) is 3.47. The molecule has 6 nitrogen and oxygen atoms in total. The van der Waals surface area contributed by atoms with Gasteiger partial charge in [0.25, 0.3) is 0 Å². The van der Waals surface area contributed by atoms with Crippen LogP contribution in [0.3, 0.4) is 0 Å². The van der Waals surface area contributed by atoms with Crippen molar-refractivity contribution < 1.29 is 25.3 Å². The lowest BCUT2D eigenvalue weighted by Crippen LogP contribution is -2.17. The molecule has 0 fully saturated rings. The summed E-state index contributed by atoms with van der Waals surface area (Å²) in [7, 11) is -12.8. The molecule has 11 heteroatoms. The molecule has 3 rings (SSSR count). The lowest BCUT2D eigenvalue weighted by molar-refractivity contribution is 0.595. The van der Waals surface area contributed by atoms with Crippen LogP contribution in [-0.2, 0) is 29.5 Å². The number of rotatable bonds is 8. The number of benzene rings is 3. The van der Waals surface area contributed by atoms with E-state index < -0.39 is 45.1 Å². The maximum absolute atomic E-state index is 13.8. The van der Waals surface area contributed by atoms with E-state index in [1.807, 2.05) is 6.92 Å². The van der Waals surface area contributed by atoms with Gasteiger partial charge < -0.3 is 0 Å². The Kier molecular flexibility index (Phi) is 9.06. The van der Waals surface area contributed by atoms with Gasteiger partial charge in [-0.2, -0.15) is 0 Å². The van der Waals surface area contributed by atoms with Crippen molar-refractivity contribution in [2.45, 2.75) is 35.5 Å². The van der Waals surface area contributed by atoms with Gasteiger partial charge in [0.2, 0.25) is 19.7 Å². The van der Waals surface area contributed by atoms with Crippen molar-refractivity contribution >= 4 is 61.4 Å². The van der Waals surface area contributed by atoms with Crippen molar-refractivity contribution in [3.63, 3.8) is 0 Å². The Balaban J connectivity index is 2.27. The highest BCUT2D eigenvalue weighted by Gasteiger charge is 2.34. The fourth-order valence-corrected chi connectivity index (χ4v) is 9.01. The molecule has 196 valence electrons. The Labute approximate surface area is 235 Å². The van der Waals surface area contributed by atoms with E-state index in [-0.39, 0.29) is 20.3 Å². The number of hydrogen-bond acceptors (Lipinski definition) is 6. The summed E-state index contributed by atoms with van der Waals surface area (Å²) in [5.41, 5.74) is 1.06. The van der Waals surface area contributed by atoms with E-state index in [2.05, 4.69) is 31.9 Å². The molecule has 0 aliphatic rings. The second-order valence-electron chi connectivity index (χ2n) is 8.41. The smallest absolute Gasteiger partial charge is 0.207 e. The molecule has 0 spiro atoms. The van der Waals surface area contributed by atoms with Crippen molar-refractivity contribution in [1.29, 1.82) is 0 Å². The number of sulfone groups is 3. The highest BCUT2D eigenvalue weighted by Crippen LogP contribution is 2.35. The van der Waals surface area contributed by atoms with Gasteiger partial charge in [-0.25, -0.2) is 25.3 Å². The molecule has 0 bridgehead atoms. The first-order valence-electron chi connectivity index (χ1n) is 10.8. The van der Waals surface area contributed by atoms with Gasteiger partial charge in [-0.1, -0.05) is 55.1 Å². The Hall–Kier alpha value is -2.05. The van der Waals surface area contributed by atoms with Gasteiger partial charge in [-0.15, -0.1) is 0 Å². The van der Waals surface area contributed by atoms with Crippen LogP contribution in [0.15, 0.2) is 118 Å². The van der Waals surface area contributed by atoms with E-state index in [0.29, 0.717) is 8.95 Å². The van der Waals surface area contributed by atoms with E-state index >= 15 is 0 Å². The van der Waals surface area contributed by atoms with Crippen LogP contribution in [-0.4, -0.2) is 31.0 Å². The maximum atomic E-state index is 13.8. The number of allylic oxidation sites excluding steroid dienone is 1. The van der Waals surface area contributed by atoms with Crippen LogP contribution >= 0.6 is 31.9 Å². The largest absolute Gasteiger partial charge is 0.223 e. The van der Waals surface area contributed by atoms with Crippen LogP contribution in [0.2, 0.25) is 0 Å².